The van der Waals surface area contributed by atoms with E-state index in [-0.39, 0.29) is 6.04 Å². The molecule has 0 amide bonds. The van der Waals surface area contributed by atoms with E-state index in [2.05, 4.69) is 22.3 Å². The van der Waals surface area contributed by atoms with Gasteiger partial charge in [0.2, 0.25) is 0 Å². The van der Waals surface area contributed by atoms with Crippen molar-refractivity contribution in [3.63, 3.8) is 0 Å². The minimum atomic E-state index is 0.181. The molecule has 5 heteroatoms. The van der Waals surface area contributed by atoms with Gasteiger partial charge in [0.25, 0.3) is 0 Å². The standard InChI is InChI=1S/C12H15ClN4/c1-9(10-5-3-4-6-11(10)13)14-7-12-15-8-16-17(12)2/h3-6,8-9,14H,7H2,1-2H3/t9-/m1/s1. The number of nitrogens with one attached hydrogen (secondary N) is 1. The second kappa shape index (κ2) is 5.29. The molecule has 2 rings (SSSR count). The number of benzene rings is 1. The van der Waals surface area contributed by atoms with Crippen LogP contribution in [-0.2, 0) is 13.6 Å². The highest BCUT2D eigenvalue weighted by atomic mass is 35.5. The molecule has 0 saturated carbocycles. The molecular formula is C12H15ClN4. The Labute approximate surface area is 106 Å². The van der Waals surface area contributed by atoms with Gasteiger partial charge in [-0.05, 0) is 18.6 Å². The summed E-state index contributed by atoms with van der Waals surface area (Å²) in [5.74, 6) is 0.906. The Balaban J connectivity index is 2.01. The van der Waals surface area contributed by atoms with Crippen LogP contribution in [0.5, 0.6) is 0 Å². The maximum Gasteiger partial charge on any atom is 0.140 e. The molecule has 0 radical (unpaired) electrons. The van der Waals surface area contributed by atoms with Gasteiger partial charge in [0, 0.05) is 18.1 Å². The summed E-state index contributed by atoms with van der Waals surface area (Å²) in [7, 11) is 1.88. The highest BCUT2D eigenvalue weighted by Gasteiger charge is 2.09. The predicted octanol–water partition coefficient (Wildman–Crippen LogP) is 2.32. The van der Waals surface area contributed by atoms with Crippen LogP contribution >= 0.6 is 11.6 Å². The van der Waals surface area contributed by atoms with E-state index in [0.717, 1.165) is 16.4 Å². The second-order valence-electron chi connectivity index (χ2n) is 3.92. The monoisotopic (exact) mass is 250 g/mol. The lowest BCUT2D eigenvalue weighted by Gasteiger charge is -2.15. The highest BCUT2D eigenvalue weighted by Crippen LogP contribution is 2.22. The molecule has 0 spiro atoms. The lowest BCUT2D eigenvalue weighted by molar-refractivity contribution is 0.540. The van der Waals surface area contributed by atoms with Crippen molar-refractivity contribution in [2.24, 2.45) is 7.05 Å². The van der Waals surface area contributed by atoms with Gasteiger partial charge >= 0.3 is 0 Å². The van der Waals surface area contributed by atoms with E-state index in [1.807, 2.05) is 31.3 Å². The first-order chi connectivity index (χ1) is 8.18. The van der Waals surface area contributed by atoms with E-state index in [9.17, 15) is 0 Å². The fourth-order valence-corrected chi connectivity index (χ4v) is 1.96. The third kappa shape index (κ3) is 2.84. The summed E-state index contributed by atoms with van der Waals surface area (Å²) in [5.41, 5.74) is 1.09. The lowest BCUT2D eigenvalue weighted by Crippen LogP contribution is -2.20. The maximum absolute atomic E-state index is 6.14. The first-order valence-corrected chi connectivity index (χ1v) is 5.87. The van der Waals surface area contributed by atoms with Crippen molar-refractivity contribution in [1.82, 2.24) is 20.1 Å². The second-order valence-corrected chi connectivity index (χ2v) is 4.33. The van der Waals surface area contributed by atoms with Gasteiger partial charge in [-0.2, -0.15) is 5.10 Å². The summed E-state index contributed by atoms with van der Waals surface area (Å²) in [6, 6.07) is 8.03. The molecule has 1 aromatic carbocycles. The molecule has 1 N–H and O–H groups in total. The van der Waals surface area contributed by atoms with Crippen molar-refractivity contribution in [2.45, 2.75) is 19.5 Å². The van der Waals surface area contributed by atoms with Crippen molar-refractivity contribution in [3.8, 4) is 0 Å². The number of hydrogen-bond donors (Lipinski definition) is 1. The minimum Gasteiger partial charge on any atom is -0.303 e. The number of halogens is 1. The molecule has 0 aliphatic heterocycles. The van der Waals surface area contributed by atoms with Gasteiger partial charge in [0.15, 0.2) is 0 Å². The molecule has 1 aromatic heterocycles. The number of nitrogens with zero attached hydrogens (tertiary/aromatic N) is 3. The van der Waals surface area contributed by atoms with E-state index < -0.39 is 0 Å². The first-order valence-electron chi connectivity index (χ1n) is 5.49. The Bertz CT molecular complexity index is 495. The third-order valence-electron chi connectivity index (χ3n) is 2.74. The fraction of sp³-hybridized carbons (Fsp3) is 0.333. The summed E-state index contributed by atoms with van der Waals surface area (Å²) in [6.45, 7) is 2.75. The molecule has 1 atom stereocenters. The molecule has 90 valence electrons. The van der Waals surface area contributed by atoms with Gasteiger partial charge in [-0.25, -0.2) is 4.98 Å². The summed E-state index contributed by atoms with van der Waals surface area (Å²) in [4.78, 5) is 4.16. The molecule has 0 aliphatic carbocycles. The van der Waals surface area contributed by atoms with Crippen LogP contribution in [0, 0.1) is 0 Å². The SMILES string of the molecule is C[C@@H](NCc1ncnn1C)c1ccccc1Cl. The summed E-state index contributed by atoms with van der Waals surface area (Å²) in [6.07, 6.45) is 1.55. The number of hydrogen-bond acceptors (Lipinski definition) is 3. The molecule has 4 nitrogen and oxygen atoms in total. The van der Waals surface area contributed by atoms with E-state index in [1.165, 1.54) is 0 Å². The molecule has 0 saturated heterocycles. The van der Waals surface area contributed by atoms with Crippen molar-refractivity contribution >= 4 is 11.6 Å². The van der Waals surface area contributed by atoms with Gasteiger partial charge in [-0.15, -0.1) is 0 Å². The predicted molar refractivity (Wildman–Crippen MR) is 67.7 cm³/mol. The van der Waals surface area contributed by atoms with Crippen LogP contribution < -0.4 is 5.32 Å². The van der Waals surface area contributed by atoms with Gasteiger partial charge in [0.1, 0.15) is 12.2 Å². The largest absolute Gasteiger partial charge is 0.303 e. The van der Waals surface area contributed by atoms with Gasteiger partial charge in [0.05, 0.1) is 6.54 Å². The number of aryl methyl sites for hydroxylation is 1. The fourth-order valence-electron chi connectivity index (χ4n) is 1.66. The average Bonchev–Trinajstić information content (AvgIpc) is 2.72. The zero-order chi connectivity index (χ0) is 12.3. The molecule has 0 fully saturated rings. The molecule has 0 unspecified atom stereocenters. The molecule has 0 aliphatic rings. The van der Waals surface area contributed by atoms with Crippen LogP contribution in [0.1, 0.15) is 24.4 Å². The zero-order valence-electron chi connectivity index (χ0n) is 9.89. The van der Waals surface area contributed by atoms with E-state index in [0.29, 0.717) is 6.54 Å². The molecule has 2 aromatic rings. The van der Waals surface area contributed by atoms with Crippen LogP contribution in [0.3, 0.4) is 0 Å². The third-order valence-corrected chi connectivity index (χ3v) is 3.09. The Morgan fingerprint density at radius 3 is 2.82 bits per heavy atom. The average molecular weight is 251 g/mol. The van der Waals surface area contributed by atoms with Crippen LogP contribution in [0.25, 0.3) is 0 Å². The Morgan fingerprint density at radius 2 is 2.18 bits per heavy atom. The summed E-state index contributed by atoms with van der Waals surface area (Å²) in [5, 5.41) is 8.18. The molecular weight excluding hydrogens is 236 g/mol. The lowest BCUT2D eigenvalue weighted by atomic mass is 10.1. The Hall–Kier alpha value is -1.39. The molecule has 1 heterocycles. The van der Waals surface area contributed by atoms with E-state index >= 15 is 0 Å². The summed E-state index contributed by atoms with van der Waals surface area (Å²) < 4.78 is 1.76. The number of aromatic nitrogens is 3. The minimum absolute atomic E-state index is 0.181. The Morgan fingerprint density at radius 1 is 1.41 bits per heavy atom. The highest BCUT2D eigenvalue weighted by molar-refractivity contribution is 6.31. The first kappa shape index (κ1) is 12.1. The topological polar surface area (TPSA) is 42.7 Å². The summed E-state index contributed by atoms with van der Waals surface area (Å²) >= 11 is 6.14. The van der Waals surface area contributed by atoms with Crippen molar-refractivity contribution in [3.05, 3.63) is 47.0 Å². The van der Waals surface area contributed by atoms with Gasteiger partial charge < -0.3 is 5.32 Å². The van der Waals surface area contributed by atoms with Crippen LogP contribution in [0.15, 0.2) is 30.6 Å². The quantitative estimate of drug-likeness (QED) is 0.906. The maximum atomic E-state index is 6.14. The van der Waals surface area contributed by atoms with E-state index in [1.54, 1.807) is 11.0 Å². The van der Waals surface area contributed by atoms with Gasteiger partial charge in [-0.3, -0.25) is 4.68 Å². The van der Waals surface area contributed by atoms with Crippen molar-refractivity contribution in [1.29, 1.82) is 0 Å². The van der Waals surface area contributed by atoms with Gasteiger partial charge in [-0.1, -0.05) is 29.8 Å². The smallest absolute Gasteiger partial charge is 0.140 e. The van der Waals surface area contributed by atoms with Crippen molar-refractivity contribution < 1.29 is 0 Å². The number of rotatable bonds is 4. The zero-order valence-corrected chi connectivity index (χ0v) is 10.6. The van der Waals surface area contributed by atoms with Crippen LogP contribution in [-0.4, -0.2) is 14.8 Å². The molecule has 0 bridgehead atoms. The van der Waals surface area contributed by atoms with E-state index in [4.69, 9.17) is 11.6 Å². The van der Waals surface area contributed by atoms with Crippen molar-refractivity contribution in [2.75, 3.05) is 0 Å². The van der Waals surface area contributed by atoms with Crippen LogP contribution in [0.2, 0.25) is 5.02 Å². The molecule has 17 heavy (non-hydrogen) atoms. The normalized spacial score (nSPS) is 12.6. The van der Waals surface area contributed by atoms with Crippen LogP contribution in [0.4, 0.5) is 0 Å². The Kier molecular flexibility index (Phi) is 3.76.